The molecule has 0 aromatic heterocycles. The summed E-state index contributed by atoms with van der Waals surface area (Å²) in [6.07, 6.45) is 4.41. The molecule has 2 unspecified atom stereocenters. The summed E-state index contributed by atoms with van der Waals surface area (Å²) >= 11 is 6.11. The largest absolute Gasteiger partial charge is 0.507 e. The van der Waals surface area contributed by atoms with Gasteiger partial charge in [0.15, 0.2) is 0 Å². The van der Waals surface area contributed by atoms with Gasteiger partial charge >= 0.3 is 5.97 Å². The Morgan fingerprint density at radius 1 is 1.16 bits per heavy atom. The van der Waals surface area contributed by atoms with Gasteiger partial charge in [0.2, 0.25) is 0 Å². The fourth-order valence-electron chi connectivity index (χ4n) is 3.12. The molecule has 1 fully saturated rings. The Bertz CT molecular complexity index is 701. The summed E-state index contributed by atoms with van der Waals surface area (Å²) in [6.45, 7) is 1.76. The molecule has 2 heterocycles. The van der Waals surface area contributed by atoms with Crippen LogP contribution in [-0.2, 0) is 15.9 Å². The van der Waals surface area contributed by atoms with E-state index in [0.717, 1.165) is 12.5 Å². The van der Waals surface area contributed by atoms with E-state index in [1.807, 2.05) is 12.2 Å². The van der Waals surface area contributed by atoms with E-state index in [4.69, 9.17) is 21.1 Å². The molecule has 0 radical (unpaired) electrons. The van der Waals surface area contributed by atoms with Crippen LogP contribution in [0.2, 0.25) is 5.02 Å². The summed E-state index contributed by atoms with van der Waals surface area (Å²) in [6, 6.07) is 1.00. The van der Waals surface area contributed by atoms with Crippen molar-refractivity contribution in [3.63, 3.8) is 0 Å². The van der Waals surface area contributed by atoms with Crippen LogP contribution in [0.5, 0.6) is 11.5 Å². The molecule has 1 aromatic carbocycles. The highest BCUT2D eigenvalue weighted by Gasteiger charge is 2.39. The highest BCUT2D eigenvalue weighted by Crippen LogP contribution is 2.38. The summed E-state index contributed by atoms with van der Waals surface area (Å²) in [4.78, 5) is 12.5. The summed E-state index contributed by atoms with van der Waals surface area (Å²) in [5.74, 6) is -1.51. The number of rotatable bonds is 0. The topological polar surface area (TPSA) is 99.5 Å². The fourth-order valence-corrected chi connectivity index (χ4v) is 3.34. The number of carbonyl (C=O) groups is 1. The average Bonchev–Trinajstić information content (AvgIpc) is 3.25. The zero-order valence-corrected chi connectivity index (χ0v) is 14.6. The van der Waals surface area contributed by atoms with Gasteiger partial charge in [0.1, 0.15) is 23.2 Å². The van der Waals surface area contributed by atoms with Crippen LogP contribution < -0.4 is 0 Å². The van der Waals surface area contributed by atoms with E-state index in [1.54, 1.807) is 6.92 Å². The third-order valence-electron chi connectivity index (χ3n) is 4.47. The summed E-state index contributed by atoms with van der Waals surface area (Å²) < 4.78 is 11.0. The Morgan fingerprint density at radius 3 is 2.64 bits per heavy atom. The van der Waals surface area contributed by atoms with Crippen molar-refractivity contribution < 1.29 is 29.6 Å². The van der Waals surface area contributed by atoms with Gasteiger partial charge in [0.25, 0.3) is 0 Å². The Kier molecular flexibility index (Phi) is 5.22. The maximum atomic E-state index is 12.5. The first-order valence-electron chi connectivity index (χ1n) is 8.29. The third-order valence-corrected chi connectivity index (χ3v) is 4.89. The SMILES string of the molecule is C[C@@H]1CC2OC2CC=CC[C@H](O)Cc2c(Cl)c(O)cc(O)c2C(=O)O1. The lowest BCUT2D eigenvalue weighted by atomic mass is 9.98. The Labute approximate surface area is 150 Å². The normalized spacial score (nSPS) is 30.0. The summed E-state index contributed by atoms with van der Waals surface area (Å²) in [7, 11) is 0. The molecular weight excluding hydrogens is 348 g/mol. The number of fused-ring (bicyclic) bond motifs is 2. The fraction of sp³-hybridized carbons (Fsp3) is 0.500. The molecule has 3 N–H and O–H groups in total. The first-order valence-corrected chi connectivity index (χ1v) is 8.67. The van der Waals surface area contributed by atoms with Crippen molar-refractivity contribution in [2.24, 2.45) is 0 Å². The maximum Gasteiger partial charge on any atom is 0.342 e. The predicted octanol–water partition coefficient (Wildman–Crippen LogP) is 2.71. The highest BCUT2D eigenvalue weighted by atomic mass is 35.5. The molecule has 25 heavy (non-hydrogen) atoms. The lowest BCUT2D eigenvalue weighted by Crippen LogP contribution is -2.20. The number of carbonyl (C=O) groups excluding carboxylic acids is 1. The monoisotopic (exact) mass is 368 g/mol. The van der Waals surface area contributed by atoms with Crippen molar-refractivity contribution in [2.45, 2.75) is 57.0 Å². The van der Waals surface area contributed by atoms with Crippen molar-refractivity contribution >= 4 is 17.6 Å². The molecule has 6 nitrogen and oxygen atoms in total. The Hall–Kier alpha value is -1.76. The molecule has 0 bridgehead atoms. The number of hydrogen-bond donors (Lipinski definition) is 3. The van der Waals surface area contributed by atoms with E-state index in [0.29, 0.717) is 12.8 Å². The average molecular weight is 369 g/mol. The zero-order valence-electron chi connectivity index (χ0n) is 13.8. The van der Waals surface area contributed by atoms with Crippen molar-refractivity contribution in [3.8, 4) is 11.5 Å². The predicted molar refractivity (Wildman–Crippen MR) is 91.0 cm³/mol. The number of phenolic OH excluding ortho intramolecular Hbond substituents is 2. The molecular formula is C18H21ClO6. The second kappa shape index (κ2) is 7.23. The molecule has 4 atom stereocenters. The number of aliphatic hydroxyl groups excluding tert-OH is 1. The van der Waals surface area contributed by atoms with Gasteiger partial charge in [-0.15, -0.1) is 0 Å². The maximum absolute atomic E-state index is 12.5. The lowest BCUT2D eigenvalue weighted by molar-refractivity contribution is 0.0305. The molecule has 0 amide bonds. The van der Waals surface area contributed by atoms with Crippen molar-refractivity contribution in [1.29, 1.82) is 0 Å². The number of phenols is 2. The molecule has 3 rings (SSSR count). The molecule has 2 aliphatic heterocycles. The minimum atomic E-state index is -0.821. The number of aromatic hydroxyl groups is 2. The number of hydrogen-bond acceptors (Lipinski definition) is 6. The lowest BCUT2D eigenvalue weighted by Gasteiger charge is -2.18. The first kappa shape index (κ1) is 18.0. The van der Waals surface area contributed by atoms with Crippen LogP contribution in [0.15, 0.2) is 18.2 Å². The molecule has 0 saturated carbocycles. The van der Waals surface area contributed by atoms with Crippen LogP contribution in [0, 0.1) is 0 Å². The van der Waals surface area contributed by atoms with E-state index < -0.39 is 23.9 Å². The quantitative estimate of drug-likeness (QED) is 0.370. The summed E-state index contributed by atoms with van der Waals surface area (Å²) in [5.41, 5.74) is 0.0536. The number of halogens is 1. The summed E-state index contributed by atoms with van der Waals surface area (Å²) in [5, 5.41) is 30.1. The van der Waals surface area contributed by atoms with Crippen LogP contribution in [-0.4, -0.2) is 45.7 Å². The van der Waals surface area contributed by atoms with Gasteiger partial charge in [-0.1, -0.05) is 23.8 Å². The smallest absolute Gasteiger partial charge is 0.342 e. The second-order valence-corrected chi connectivity index (χ2v) is 6.93. The molecule has 136 valence electrons. The van der Waals surface area contributed by atoms with Gasteiger partial charge in [-0.3, -0.25) is 0 Å². The van der Waals surface area contributed by atoms with Gasteiger partial charge < -0.3 is 24.8 Å². The number of epoxide rings is 1. The van der Waals surface area contributed by atoms with Crippen molar-refractivity contribution in [1.82, 2.24) is 0 Å². The molecule has 0 spiro atoms. The van der Waals surface area contributed by atoms with Gasteiger partial charge in [-0.25, -0.2) is 4.79 Å². The molecule has 2 aliphatic rings. The van der Waals surface area contributed by atoms with E-state index in [1.165, 1.54) is 0 Å². The minimum absolute atomic E-state index is 0.00645. The van der Waals surface area contributed by atoms with Crippen molar-refractivity contribution in [2.75, 3.05) is 0 Å². The minimum Gasteiger partial charge on any atom is -0.507 e. The molecule has 0 aliphatic carbocycles. The molecule has 1 aromatic rings. The number of cyclic esters (lactones) is 1. The van der Waals surface area contributed by atoms with Gasteiger partial charge in [0, 0.05) is 18.9 Å². The molecule has 1 saturated heterocycles. The van der Waals surface area contributed by atoms with E-state index in [2.05, 4.69) is 0 Å². The van der Waals surface area contributed by atoms with E-state index in [9.17, 15) is 20.1 Å². The van der Waals surface area contributed by atoms with Gasteiger partial charge in [0.05, 0.1) is 23.3 Å². The highest BCUT2D eigenvalue weighted by molar-refractivity contribution is 6.33. The standard InChI is InChI=1S/C18H21ClO6/c1-9-6-15-14(25-15)5-3-2-4-10(20)7-11-16(18(23)24-9)12(21)8-13(22)17(11)19/h2-3,8-10,14-15,20-22H,4-7H2,1H3/t9-,10+,14?,15?/m1/s1. The number of ether oxygens (including phenoxy) is 2. The second-order valence-electron chi connectivity index (χ2n) is 6.55. The van der Waals surface area contributed by atoms with Crippen LogP contribution in [0.3, 0.4) is 0 Å². The number of aliphatic hydroxyl groups is 1. The molecule has 7 heteroatoms. The van der Waals surface area contributed by atoms with Crippen molar-refractivity contribution in [3.05, 3.63) is 34.4 Å². The third kappa shape index (κ3) is 4.08. The zero-order chi connectivity index (χ0) is 18.1. The Morgan fingerprint density at radius 2 is 1.88 bits per heavy atom. The van der Waals surface area contributed by atoms with Gasteiger partial charge in [-0.2, -0.15) is 0 Å². The van der Waals surface area contributed by atoms with Crippen LogP contribution >= 0.6 is 11.6 Å². The van der Waals surface area contributed by atoms with Crippen LogP contribution in [0.1, 0.15) is 42.1 Å². The van der Waals surface area contributed by atoms with Crippen LogP contribution in [0.25, 0.3) is 0 Å². The van der Waals surface area contributed by atoms with E-state index in [-0.39, 0.29) is 40.5 Å². The van der Waals surface area contributed by atoms with Crippen LogP contribution in [0.4, 0.5) is 0 Å². The Balaban J connectivity index is 1.95. The van der Waals surface area contributed by atoms with E-state index >= 15 is 0 Å². The number of esters is 1. The van der Waals surface area contributed by atoms with Gasteiger partial charge in [-0.05, 0) is 25.3 Å². The number of benzene rings is 1. The first-order chi connectivity index (χ1) is 11.9.